The number of hydrogen-bond donors (Lipinski definition) is 0. The lowest BCUT2D eigenvalue weighted by molar-refractivity contribution is 0.318. The molecule has 0 atom stereocenters. The van der Waals surface area contributed by atoms with E-state index in [1.807, 2.05) is 11.3 Å². The second-order valence-corrected chi connectivity index (χ2v) is 9.95. The van der Waals surface area contributed by atoms with E-state index in [1.54, 1.807) is 18.2 Å². The standard InChI is InChI=1S/C17H23N3O3S2/c1-11-16(12(2)23-19-11)25(21,22)20-9-7-13(8-10-20)17-18-14-5-3-4-6-15(14)24-17/h13H,3-10H2,1-2H3. The summed E-state index contributed by atoms with van der Waals surface area (Å²) in [5.41, 5.74) is 1.73. The van der Waals surface area contributed by atoms with Gasteiger partial charge in [-0.1, -0.05) is 5.16 Å². The van der Waals surface area contributed by atoms with Gasteiger partial charge in [0.25, 0.3) is 0 Å². The predicted molar refractivity (Wildman–Crippen MR) is 95.5 cm³/mol. The van der Waals surface area contributed by atoms with E-state index in [1.165, 1.54) is 28.4 Å². The molecule has 0 unspecified atom stereocenters. The Morgan fingerprint density at radius 3 is 2.52 bits per heavy atom. The second kappa shape index (κ2) is 6.48. The molecular formula is C17H23N3O3S2. The van der Waals surface area contributed by atoms with Crippen molar-refractivity contribution in [1.82, 2.24) is 14.4 Å². The molecule has 0 bridgehead atoms. The highest BCUT2D eigenvalue weighted by atomic mass is 32.2. The number of fused-ring (bicyclic) bond motifs is 1. The molecule has 2 aromatic heterocycles. The smallest absolute Gasteiger partial charge is 0.248 e. The quantitative estimate of drug-likeness (QED) is 0.816. The molecule has 0 spiro atoms. The summed E-state index contributed by atoms with van der Waals surface area (Å²) in [7, 11) is -3.53. The Morgan fingerprint density at radius 2 is 1.88 bits per heavy atom. The first kappa shape index (κ1) is 17.2. The van der Waals surface area contributed by atoms with Crippen LogP contribution in [0.3, 0.4) is 0 Å². The van der Waals surface area contributed by atoms with Crippen LogP contribution in [0.2, 0.25) is 0 Å². The van der Waals surface area contributed by atoms with Gasteiger partial charge in [-0.3, -0.25) is 0 Å². The van der Waals surface area contributed by atoms with Gasteiger partial charge in [0.15, 0.2) is 5.76 Å². The summed E-state index contributed by atoms with van der Waals surface area (Å²) in [4.78, 5) is 6.55. The number of rotatable bonds is 3. The SMILES string of the molecule is Cc1noc(C)c1S(=O)(=O)N1CCC(c2nc3c(s2)CCCC3)CC1. The molecule has 4 rings (SSSR count). The van der Waals surface area contributed by atoms with Crippen LogP contribution < -0.4 is 0 Å². The maximum atomic E-state index is 12.9. The van der Waals surface area contributed by atoms with Gasteiger partial charge in [0, 0.05) is 23.9 Å². The van der Waals surface area contributed by atoms with Gasteiger partial charge in [0.2, 0.25) is 10.0 Å². The molecule has 0 amide bonds. The topological polar surface area (TPSA) is 76.3 Å². The third-order valence-corrected chi connectivity index (χ3v) is 8.69. The monoisotopic (exact) mass is 381 g/mol. The van der Waals surface area contributed by atoms with Crippen LogP contribution in [0.1, 0.15) is 58.6 Å². The van der Waals surface area contributed by atoms with Crippen LogP contribution >= 0.6 is 11.3 Å². The Hall–Kier alpha value is -1.25. The highest BCUT2D eigenvalue weighted by Crippen LogP contribution is 2.36. The van der Waals surface area contributed by atoms with Crippen molar-refractivity contribution in [1.29, 1.82) is 0 Å². The summed E-state index contributed by atoms with van der Waals surface area (Å²) in [6.45, 7) is 4.39. The molecule has 0 aromatic carbocycles. The van der Waals surface area contributed by atoms with Crippen molar-refractivity contribution in [2.75, 3.05) is 13.1 Å². The van der Waals surface area contributed by atoms with Crippen LogP contribution in [-0.2, 0) is 22.9 Å². The lowest BCUT2D eigenvalue weighted by Gasteiger charge is -2.30. The number of nitrogens with zero attached hydrogens (tertiary/aromatic N) is 3. The molecule has 1 aliphatic carbocycles. The lowest BCUT2D eigenvalue weighted by atomic mass is 9.99. The van der Waals surface area contributed by atoms with Gasteiger partial charge >= 0.3 is 0 Å². The molecular weight excluding hydrogens is 358 g/mol. The van der Waals surface area contributed by atoms with Crippen molar-refractivity contribution in [2.45, 2.75) is 63.2 Å². The molecule has 0 radical (unpaired) electrons. The van der Waals surface area contributed by atoms with Crippen LogP contribution in [0.5, 0.6) is 0 Å². The summed E-state index contributed by atoms with van der Waals surface area (Å²) in [5, 5.41) is 5.00. The maximum Gasteiger partial charge on any atom is 0.248 e. The predicted octanol–water partition coefficient (Wildman–Crippen LogP) is 3.20. The zero-order valence-corrected chi connectivity index (χ0v) is 16.3. The van der Waals surface area contributed by atoms with Crippen LogP contribution in [0.25, 0.3) is 0 Å². The fourth-order valence-electron chi connectivity index (χ4n) is 3.86. The van der Waals surface area contributed by atoms with Gasteiger partial charge < -0.3 is 4.52 Å². The molecule has 3 heterocycles. The number of piperidine rings is 1. The van der Waals surface area contributed by atoms with Gasteiger partial charge in [-0.15, -0.1) is 11.3 Å². The molecule has 0 saturated carbocycles. The first-order valence-electron chi connectivity index (χ1n) is 8.88. The third kappa shape index (κ3) is 3.04. The van der Waals surface area contributed by atoms with Crippen LogP contribution in [-0.4, -0.2) is 36.0 Å². The normalized spacial score (nSPS) is 19.9. The summed E-state index contributed by atoms with van der Waals surface area (Å²) in [6, 6.07) is 0. The van der Waals surface area contributed by atoms with Crippen molar-refractivity contribution in [2.24, 2.45) is 0 Å². The molecule has 1 saturated heterocycles. The minimum atomic E-state index is -3.53. The third-order valence-electron chi connectivity index (χ3n) is 5.23. The van der Waals surface area contributed by atoms with Crippen molar-refractivity contribution in [3.8, 4) is 0 Å². The van der Waals surface area contributed by atoms with Crippen LogP contribution in [0, 0.1) is 13.8 Å². The van der Waals surface area contributed by atoms with E-state index in [4.69, 9.17) is 9.51 Å². The Labute approximate surface area is 152 Å². The number of aromatic nitrogens is 2. The fraction of sp³-hybridized carbons (Fsp3) is 0.647. The van der Waals surface area contributed by atoms with Gasteiger partial charge in [-0.05, 0) is 52.4 Å². The van der Waals surface area contributed by atoms with Gasteiger partial charge in [0.05, 0.1) is 10.7 Å². The van der Waals surface area contributed by atoms with Gasteiger partial charge in [0.1, 0.15) is 10.6 Å². The summed E-state index contributed by atoms with van der Waals surface area (Å²) in [5.74, 6) is 0.749. The zero-order valence-electron chi connectivity index (χ0n) is 14.6. The van der Waals surface area contributed by atoms with E-state index >= 15 is 0 Å². The zero-order chi connectivity index (χ0) is 17.6. The van der Waals surface area contributed by atoms with E-state index in [0.29, 0.717) is 30.5 Å². The molecule has 2 aliphatic rings. The van der Waals surface area contributed by atoms with Crippen molar-refractivity contribution in [3.63, 3.8) is 0 Å². The van der Waals surface area contributed by atoms with E-state index in [9.17, 15) is 8.42 Å². The first-order chi connectivity index (χ1) is 12.0. The minimum Gasteiger partial charge on any atom is -0.360 e. The van der Waals surface area contributed by atoms with Gasteiger partial charge in [-0.2, -0.15) is 4.31 Å². The molecule has 0 N–H and O–H groups in total. The molecule has 6 nitrogen and oxygen atoms in total. The largest absolute Gasteiger partial charge is 0.360 e. The Morgan fingerprint density at radius 1 is 1.16 bits per heavy atom. The average molecular weight is 382 g/mol. The molecule has 8 heteroatoms. The number of sulfonamides is 1. The van der Waals surface area contributed by atoms with E-state index in [2.05, 4.69) is 5.16 Å². The number of thiazole rings is 1. The fourth-order valence-corrected chi connectivity index (χ4v) is 6.95. The van der Waals surface area contributed by atoms with Crippen molar-refractivity contribution >= 4 is 21.4 Å². The number of aryl methyl sites for hydroxylation is 4. The molecule has 1 fully saturated rings. The van der Waals surface area contributed by atoms with Gasteiger partial charge in [-0.25, -0.2) is 13.4 Å². The highest BCUT2D eigenvalue weighted by Gasteiger charge is 2.35. The molecule has 136 valence electrons. The maximum absolute atomic E-state index is 12.9. The van der Waals surface area contributed by atoms with Crippen LogP contribution in [0.4, 0.5) is 0 Å². The van der Waals surface area contributed by atoms with Crippen molar-refractivity contribution < 1.29 is 12.9 Å². The highest BCUT2D eigenvalue weighted by molar-refractivity contribution is 7.89. The van der Waals surface area contributed by atoms with E-state index in [0.717, 1.165) is 25.7 Å². The minimum absolute atomic E-state index is 0.232. The first-order valence-corrected chi connectivity index (χ1v) is 11.1. The lowest BCUT2D eigenvalue weighted by Crippen LogP contribution is -2.38. The summed E-state index contributed by atoms with van der Waals surface area (Å²) >= 11 is 1.85. The Bertz CT molecular complexity index is 834. The Kier molecular flexibility index (Phi) is 4.45. The molecule has 25 heavy (non-hydrogen) atoms. The average Bonchev–Trinajstić information content (AvgIpc) is 3.18. The van der Waals surface area contributed by atoms with Crippen LogP contribution in [0.15, 0.2) is 9.42 Å². The number of hydrogen-bond acceptors (Lipinski definition) is 6. The van der Waals surface area contributed by atoms with Crippen molar-refractivity contribution in [3.05, 3.63) is 27.0 Å². The summed E-state index contributed by atoms with van der Waals surface area (Å²) < 4.78 is 32.4. The second-order valence-electron chi connectivity index (χ2n) is 6.96. The summed E-state index contributed by atoms with van der Waals surface area (Å²) in [6.07, 6.45) is 6.43. The van der Waals surface area contributed by atoms with E-state index in [-0.39, 0.29) is 4.90 Å². The Balaban J connectivity index is 1.49. The molecule has 1 aliphatic heterocycles. The molecule has 2 aromatic rings. The van der Waals surface area contributed by atoms with E-state index < -0.39 is 10.0 Å².